The molecule has 4 heteroatoms. The van der Waals surface area contributed by atoms with Crippen molar-refractivity contribution in [3.05, 3.63) is 35.1 Å². The lowest BCUT2D eigenvalue weighted by molar-refractivity contribution is 0.623. The summed E-state index contributed by atoms with van der Waals surface area (Å²) < 4.78 is 24.8. The lowest BCUT2D eigenvalue weighted by Gasteiger charge is -2.08. The maximum atomic E-state index is 13.0. The standard InChI is InChI=1S/C12H14FNOS/c1-3-9(2)16(15)8-10-4-5-12(13)11(6-10)7-14/h4-6,9H,3,8H2,1-2H3. The van der Waals surface area contributed by atoms with E-state index in [0.717, 1.165) is 12.0 Å². The summed E-state index contributed by atoms with van der Waals surface area (Å²) in [5.41, 5.74) is 0.759. The fourth-order valence-corrected chi connectivity index (χ4v) is 2.40. The fourth-order valence-electron chi connectivity index (χ4n) is 1.24. The van der Waals surface area contributed by atoms with Crippen LogP contribution in [0.4, 0.5) is 4.39 Å². The molecule has 0 radical (unpaired) electrons. The molecule has 86 valence electrons. The van der Waals surface area contributed by atoms with Gasteiger partial charge in [-0.25, -0.2) is 4.39 Å². The molecule has 0 aliphatic rings. The number of halogens is 1. The molecule has 0 N–H and O–H groups in total. The summed E-state index contributed by atoms with van der Waals surface area (Å²) in [7, 11) is -0.965. The number of nitriles is 1. The van der Waals surface area contributed by atoms with Crippen molar-refractivity contribution in [1.29, 1.82) is 5.26 Å². The SMILES string of the molecule is CCC(C)S(=O)Cc1ccc(F)c(C#N)c1. The number of rotatable bonds is 4. The van der Waals surface area contributed by atoms with Crippen LogP contribution >= 0.6 is 0 Å². The molecule has 16 heavy (non-hydrogen) atoms. The van der Waals surface area contributed by atoms with Crippen molar-refractivity contribution >= 4 is 10.8 Å². The smallest absolute Gasteiger partial charge is 0.140 e. The summed E-state index contributed by atoms with van der Waals surface area (Å²) in [4.78, 5) is 0. The molecule has 0 amide bonds. The Morgan fingerprint density at radius 1 is 1.56 bits per heavy atom. The predicted molar refractivity (Wildman–Crippen MR) is 62.7 cm³/mol. The summed E-state index contributed by atoms with van der Waals surface area (Å²) >= 11 is 0. The van der Waals surface area contributed by atoms with E-state index in [4.69, 9.17) is 5.26 Å². The fraction of sp³-hybridized carbons (Fsp3) is 0.417. The van der Waals surface area contributed by atoms with Crippen LogP contribution in [0.2, 0.25) is 0 Å². The molecule has 0 aliphatic carbocycles. The summed E-state index contributed by atoms with van der Waals surface area (Å²) in [6.07, 6.45) is 0.846. The molecule has 0 saturated carbocycles. The van der Waals surface area contributed by atoms with Crippen LogP contribution in [0.25, 0.3) is 0 Å². The summed E-state index contributed by atoms with van der Waals surface area (Å²) in [6.45, 7) is 3.90. The normalized spacial score (nSPS) is 14.1. The maximum absolute atomic E-state index is 13.0. The van der Waals surface area contributed by atoms with Gasteiger partial charge in [0.1, 0.15) is 11.9 Å². The number of hydrogen-bond acceptors (Lipinski definition) is 2. The molecule has 2 nitrogen and oxygen atoms in total. The maximum Gasteiger partial charge on any atom is 0.140 e. The highest BCUT2D eigenvalue weighted by molar-refractivity contribution is 7.84. The van der Waals surface area contributed by atoms with Crippen molar-refractivity contribution in [2.45, 2.75) is 31.3 Å². The van der Waals surface area contributed by atoms with Gasteiger partial charge in [-0.15, -0.1) is 0 Å². The van der Waals surface area contributed by atoms with Crippen molar-refractivity contribution in [3.63, 3.8) is 0 Å². The average molecular weight is 239 g/mol. The van der Waals surface area contributed by atoms with Gasteiger partial charge in [-0.2, -0.15) is 5.26 Å². The van der Waals surface area contributed by atoms with Gasteiger partial charge in [0, 0.05) is 21.8 Å². The van der Waals surface area contributed by atoms with E-state index in [9.17, 15) is 8.60 Å². The van der Waals surface area contributed by atoms with Crippen LogP contribution in [-0.4, -0.2) is 9.46 Å². The molecule has 0 bridgehead atoms. The van der Waals surface area contributed by atoms with E-state index in [2.05, 4.69) is 0 Å². The molecule has 1 aromatic rings. The Morgan fingerprint density at radius 2 is 2.25 bits per heavy atom. The first-order valence-corrected chi connectivity index (χ1v) is 6.52. The van der Waals surface area contributed by atoms with Crippen molar-refractivity contribution in [1.82, 2.24) is 0 Å². The molecule has 2 atom stereocenters. The van der Waals surface area contributed by atoms with Crippen LogP contribution in [0.15, 0.2) is 18.2 Å². The van der Waals surface area contributed by atoms with Gasteiger partial charge in [0.05, 0.1) is 5.56 Å². The summed E-state index contributed by atoms with van der Waals surface area (Å²) in [5.74, 6) is -0.148. The van der Waals surface area contributed by atoms with E-state index >= 15 is 0 Å². The van der Waals surface area contributed by atoms with E-state index in [1.54, 1.807) is 12.1 Å². The Kier molecular flexibility index (Phi) is 4.63. The van der Waals surface area contributed by atoms with Crippen molar-refractivity contribution in [2.75, 3.05) is 0 Å². The lowest BCUT2D eigenvalue weighted by Crippen LogP contribution is -2.11. The zero-order chi connectivity index (χ0) is 12.1. The molecule has 0 heterocycles. The third-order valence-electron chi connectivity index (χ3n) is 2.48. The summed E-state index contributed by atoms with van der Waals surface area (Å²) in [6, 6.07) is 6.08. The van der Waals surface area contributed by atoms with Gasteiger partial charge in [-0.1, -0.05) is 19.9 Å². The molecule has 2 unspecified atom stereocenters. The minimum atomic E-state index is -0.965. The lowest BCUT2D eigenvalue weighted by atomic mass is 10.1. The third-order valence-corrected chi connectivity index (χ3v) is 4.33. The van der Waals surface area contributed by atoms with Crippen molar-refractivity contribution in [2.24, 2.45) is 0 Å². The van der Waals surface area contributed by atoms with E-state index in [-0.39, 0.29) is 10.8 Å². The monoisotopic (exact) mass is 239 g/mol. The van der Waals surface area contributed by atoms with Gasteiger partial charge in [-0.05, 0) is 24.1 Å². The first-order valence-electron chi connectivity index (χ1n) is 5.14. The first kappa shape index (κ1) is 12.9. The van der Waals surface area contributed by atoms with Gasteiger partial charge in [0.15, 0.2) is 0 Å². The molecule has 0 fully saturated rings. The van der Waals surface area contributed by atoms with Crippen LogP contribution in [0.5, 0.6) is 0 Å². The highest BCUT2D eigenvalue weighted by Gasteiger charge is 2.10. The Morgan fingerprint density at radius 3 is 2.81 bits per heavy atom. The van der Waals surface area contributed by atoms with Crippen LogP contribution < -0.4 is 0 Å². The van der Waals surface area contributed by atoms with Crippen LogP contribution in [0.3, 0.4) is 0 Å². The minimum Gasteiger partial charge on any atom is -0.259 e. The zero-order valence-electron chi connectivity index (χ0n) is 9.37. The van der Waals surface area contributed by atoms with Gasteiger partial charge in [0.25, 0.3) is 0 Å². The van der Waals surface area contributed by atoms with Crippen molar-refractivity contribution < 1.29 is 8.60 Å². The Bertz CT molecular complexity index is 439. The van der Waals surface area contributed by atoms with Crippen LogP contribution in [0.1, 0.15) is 31.4 Å². The molecule has 0 saturated heterocycles. The predicted octanol–water partition coefficient (Wildman–Crippen LogP) is 2.74. The quantitative estimate of drug-likeness (QED) is 0.810. The van der Waals surface area contributed by atoms with Crippen molar-refractivity contribution in [3.8, 4) is 6.07 Å². The van der Waals surface area contributed by atoms with Gasteiger partial charge in [0.2, 0.25) is 0 Å². The summed E-state index contributed by atoms with van der Waals surface area (Å²) in [5, 5.41) is 8.79. The Hall–Kier alpha value is -1.21. The number of benzene rings is 1. The van der Waals surface area contributed by atoms with Gasteiger partial charge < -0.3 is 0 Å². The molecular weight excluding hydrogens is 225 g/mol. The van der Waals surface area contributed by atoms with E-state index in [1.807, 2.05) is 13.8 Å². The average Bonchev–Trinajstić information content (AvgIpc) is 2.30. The third kappa shape index (κ3) is 3.14. The van der Waals surface area contributed by atoms with Crippen LogP contribution in [0, 0.1) is 17.1 Å². The molecule has 0 spiro atoms. The number of nitrogens with zero attached hydrogens (tertiary/aromatic N) is 1. The second-order valence-electron chi connectivity index (χ2n) is 3.67. The molecule has 1 rings (SSSR count). The molecule has 1 aromatic carbocycles. The van der Waals surface area contributed by atoms with Gasteiger partial charge >= 0.3 is 0 Å². The van der Waals surface area contributed by atoms with E-state index < -0.39 is 16.6 Å². The second-order valence-corrected chi connectivity index (χ2v) is 5.52. The highest BCUT2D eigenvalue weighted by atomic mass is 32.2. The Balaban J connectivity index is 2.83. The molecule has 0 aliphatic heterocycles. The van der Waals surface area contributed by atoms with Gasteiger partial charge in [-0.3, -0.25) is 4.21 Å². The number of hydrogen-bond donors (Lipinski definition) is 0. The van der Waals surface area contributed by atoms with E-state index in [1.165, 1.54) is 12.1 Å². The molecular formula is C12H14FNOS. The van der Waals surface area contributed by atoms with Crippen LogP contribution in [-0.2, 0) is 16.6 Å². The highest BCUT2D eigenvalue weighted by Crippen LogP contribution is 2.13. The first-order chi connectivity index (χ1) is 7.58. The zero-order valence-corrected chi connectivity index (χ0v) is 10.2. The van der Waals surface area contributed by atoms with E-state index in [0.29, 0.717) is 5.75 Å². The largest absolute Gasteiger partial charge is 0.259 e. The second kappa shape index (κ2) is 5.76. The minimum absolute atomic E-state index is 0.0126. The topological polar surface area (TPSA) is 40.9 Å². The molecule has 0 aromatic heterocycles. The Labute approximate surface area is 97.6 Å².